The number of ether oxygens (including phenoxy) is 1. The summed E-state index contributed by atoms with van der Waals surface area (Å²) in [4.78, 5) is 25.6. The predicted molar refractivity (Wildman–Crippen MR) is 126 cm³/mol. The molecule has 170 valence electrons. The summed E-state index contributed by atoms with van der Waals surface area (Å²) in [6.07, 6.45) is 6.24. The zero-order chi connectivity index (χ0) is 23.1. The van der Waals surface area contributed by atoms with E-state index in [1.54, 1.807) is 26.3 Å². The van der Waals surface area contributed by atoms with Crippen LogP contribution < -0.4 is 26.8 Å². The van der Waals surface area contributed by atoms with Crippen molar-refractivity contribution in [3.05, 3.63) is 58.3 Å². The van der Waals surface area contributed by atoms with Gasteiger partial charge in [-0.15, -0.1) is 0 Å². The van der Waals surface area contributed by atoms with Gasteiger partial charge < -0.3 is 26.8 Å². The third-order valence-corrected chi connectivity index (χ3v) is 5.47. The van der Waals surface area contributed by atoms with Crippen molar-refractivity contribution < 1.29 is 9.53 Å². The lowest BCUT2D eigenvalue weighted by Gasteiger charge is -2.29. The minimum absolute atomic E-state index is 0.0345. The second-order valence-corrected chi connectivity index (χ2v) is 7.99. The average Bonchev–Trinajstić information content (AvgIpc) is 2.80. The number of aryl methyl sites for hydroxylation is 1. The summed E-state index contributed by atoms with van der Waals surface area (Å²) in [7, 11) is 1.60. The summed E-state index contributed by atoms with van der Waals surface area (Å²) in [5.74, 6) is 0.492. The fourth-order valence-electron chi connectivity index (χ4n) is 3.63. The molecule has 9 nitrogen and oxygen atoms in total. The largest absolute Gasteiger partial charge is 0.497 e. The highest BCUT2D eigenvalue weighted by molar-refractivity contribution is 6.30. The number of piperidine rings is 1. The number of anilines is 1. The van der Waals surface area contributed by atoms with E-state index in [-0.39, 0.29) is 17.6 Å². The molecular formula is C22H28ClN7O2. The Labute approximate surface area is 192 Å². The highest BCUT2D eigenvalue weighted by Gasteiger charge is 2.25. The van der Waals surface area contributed by atoms with Crippen LogP contribution in [0, 0.1) is 12.8 Å². The van der Waals surface area contributed by atoms with Crippen LogP contribution in [0.2, 0.25) is 5.02 Å². The van der Waals surface area contributed by atoms with Crippen LogP contribution in [0.15, 0.2) is 41.3 Å². The van der Waals surface area contributed by atoms with Gasteiger partial charge in [0.25, 0.3) is 5.91 Å². The molecule has 32 heavy (non-hydrogen) atoms. The Morgan fingerprint density at radius 3 is 2.81 bits per heavy atom. The number of nitrogens with zero attached hydrogens (tertiary/aromatic N) is 3. The standard InChI is InChI=1S/C22H28ClN7O2/c1-13-11-28-21(25)20(29-13)22(31)30-17(10-24)12-27-19(14-3-5-26-6-4-14)15-7-16(23)9-18(8-15)32-2/h7-12,14,19,26H,3-6,24H2,1-2H3,(H2,25,28)(H,30,31)/b17-10+,27-12?. The molecule has 1 aliphatic rings. The number of halogens is 1. The summed E-state index contributed by atoms with van der Waals surface area (Å²) < 4.78 is 5.38. The van der Waals surface area contributed by atoms with Gasteiger partial charge in [-0.2, -0.15) is 0 Å². The van der Waals surface area contributed by atoms with E-state index in [4.69, 9.17) is 32.8 Å². The monoisotopic (exact) mass is 457 g/mol. The van der Waals surface area contributed by atoms with Crippen molar-refractivity contribution in [1.82, 2.24) is 20.6 Å². The van der Waals surface area contributed by atoms with Crippen molar-refractivity contribution in [2.24, 2.45) is 16.6 Å². The maximum Gasteiger partial charge on any atom is 0.278 e. The summed E-state index contributed by atoms with van der Waals surface area (Å²) in [5.41, 5.74) is 13.4. The number of aromatic nitrogens is 2. The number of carbonyl (C=O) groups excluding carboxylic acids is 1. The lowest BCUT2D eigenvalue weighted by molar-refractivity contribution is 0.0963. The number of aliphatic imine (C=N–C) groups is 1. The summed E-state index contributed by atoms with van der Waals surface area (Å²) in [5, 5.41) is 6.64. The number of nitrogens with two attached hydrogens (primary N) is 2. The Hall–Kier alpha value is -3.17. The number of rotatable bonds is 7. The van der Waals surface area contributed by atoms with E-state index in [0.717, 1.165) is 31.5 Å². The minimum atomic E-state index is -0.510. The van der Waals surface area contributed by atoms with Crippen LogP contribution in [-0.4, -0.2) is 42.3 Å². The number of amides is 1. The number of nitrogen functional groups attached to an aromatic ring is 1. The zero-order valence-corrected chi connectivity index (χ0v) is 18.9. The van der Waals surface area contributed by atoms with Gasteiger partial charge in [0, 0.05) is 17.4 Å². The van der Waals surface area contributed by atoms with Gasteiger partial charge in [0.1, 0.15) is 5.75 Å². The van der Waals surface area contributed by atoms with E-state index in [0.29, 0.717) is 28.1 Å². The molecule has 6 N–H and O–H groups in total. The molecular weight excluding hydrogens is 430 g/mol. The maximum absolute atomic E-state index is 12.6. The van der Waals surface area contributed by atoms with Crippen LogP contribution in [0.3, 0.4) is 0 Å². The van der Waals surface area contributed by atoms with E-state index < -0.39 is 5.91 Å². The minimum Gasteiger partial charge on any atom is -0.497 e. The van der Waals surface area contributed by atoms with Crippen LogP contribution in [0.4, 0.5) is 5.82 Å². The lowest BCUT2D eigenvalue weighted by atomic mass is 9.86. The maximum atomic E-state index is 12.6. The van der Waals surface area contributed by atoms with Gasteiger partial charge in [0.2, 0.25) is 0 Å². The van der Waals surface area contributed by atoms with Crippen LogP contribution in [0.5, 0.6) is 5.75 Å². The number of nitrogens with one attached hydrogen (secondary N) is 2. The fourth-order valence-corrected chi connectivity index (χ4v) is 3.87. The number of carbonyl (C=O) groups is 1. The van der Waals surface area contributed by atoms with Crippen LogP contribution in [0.1, 0.15) is 40.6 Å². The summed E-state index contributed by atoms with van der Waals surface area (Å²) in [6, 6.07) is 5.40. The van der Waals surface area contributed by atoms with E-state index in [2.05, 4.69) is 20.6 Å². The Bertz CT molecular complexity index is 1020. The van der Waals surface area contributed by atoms with Crippen LogP contribution >= 0.6 is 11.6 Å². The molecule has 0 aliphatic carbocycles. The molecule has 1 saturated heterocycles. The van der Waals surface area contributed by atoms with E-state index in [9.17, 15) is 4.79 Å². The number of methoxy groups -OCH3 is 1. The number of hydrogen-bond donors (Lipinski definition) is 4. The van der Waals surface area contributed by atoms with Gasteiger partial charge in [-0.1, -0.05) is 11.6 Å². The molecule has 10 heteroatoms. The van der Waals surface area contributed by atoms with E-state index in [1.165, 1.54) is 12.4 Å². The fraction of sp³-hybridized carbons (Fsp3) is 0.364. The smallest absolute Gasteiger partial charge is 0.278 e. The Morgan fingerprint density at radius 1 is 1.38 bits per heavy atom. The van der Waals surface area contributed by atoms with Gasteiger partial charge in [0.15, 0.2) is 11.5 Å². The second-order valence-electron chi connectivity index (χ2n) is 7.56. The van der Waals surface area contributed by atoms with Gasteiger partial charge in [-0.3, -0.25) is 9.79 Å². The first-order valence-corrected chi connectivity index (χ1v) is 10.7. The first-order valence-electron chi connectivity index (χ1n) is 10.3. The molecule has 0 saturated carbocycles. The quantitative estimate of drug-likeness (QED) is 0.467. The van der Waals surface area contributed by atoms with Gasteiger partial charge in [-0.05, 0) is 62.5 Å². The van der Waals surface area contributed by atoms with Crippen molar-refractivity contribution >= 4 is 29.5 Å². The molecule has 0 radical (unpaired) electrons. The molecule has 1 aliphatic heterocycles. The molecule has 1 unspecified atom stereocenters. The molecule has 1 aromatic carbocycles. The van der Waals surface area contributed by atoms with E-state index in [1.807, 2.05) is 12.1 Å². The Kier molecular flexibility index (Phi) is 8.02. The first-order chi connectivity index (χ1) is 15.4. The van der Waals surface area contributed by atoms with Gasteiger partial charge >= 0.3 is 0 Å². The van der Waals surface area contributed by atoms with Crippen molar-refractivity contribution in [2.75, 3.05) is 25.9 Å². The predicted octanol–water partition coefficient (Wildman–Crippen LogP) is 2.37. The molecule has 1 amide bonds. The van der Waals surface area contributed by atoms with Crippen molar-refractivity contribution in [3.8, 4) is 5.75 Å². The average molecular weight is 458 g/mol. The molecule has 1 fully saturated rings. The number of benzene rings is 1. The van der Waals surface area contributed by atoms with Crippen molar-refractivity contribution in [3.63, 3.8) is 0 Å². The molecule has 2 aromatic rings. The molecule has 3 rings (SSSR count). The van der Waals surface area contributed by atoms with Gasteiger partial charge in [0.05, 0.1) is 30.7 Å². The first kappa shape index (κ1) is 23.5. The summed E-state index contributed by atoms with van der Waals surface area (Å²) >= 11 is 6.31. The SMILES string of the molecule is COc1cc(Cl)cc(C(N=C/C(=C\N)NC(=O)c2nc(C)cnc2N)C2CCNCC2)c1. The summed E-state index contributed by atoms with van der Waals surface area (Å²) in [6.45, 7) is 3.55. The molecule has 0 spiro atoms. The van der Waals surface area contributed by atoms with E-state index >= 15 is 0 Å². The lowest BCUT2D eigenvalue weighted by Crippen LogP contribution is -2.31. The normalized spacial score (nSPS) is 16.2. The Morgan fingerprint density at radius 2 is 2.12 bits per heavy atom. The zero-order valence-electron chi connectivity index (χ0n) is 18.1. The number of hydrogen-bond acceptors (Lipinski definition) is 8. The van der Waals surface area contributed by atoms with Gasteiger partial charge in [-0.25, -0.2) is 9.97 Å². The molecule has 0 bridgehead atoms. The topological polar surface area (TPSA) is 141 Å². The number of allylic oxidation sites excluding steroid dienone is 1. The highest BCUT2D eigenvalue weighted by Crippen LogP contribution is 2.35. The third-order valence-electron chi connectivity index (χ3n) is 5.25. The van der Waals surface area contributed by atoms with Crippen LogP contribution in [0.25, 0.3) is 0 Å². The van der Waals surface area contributed by atoms with Crippen LogP contribution in [-0.2, 0) is 0 Å². The third kappa shape index (κ3) is 5.95. The molecule has 2 heterocycles. The Balaban J connectivity index is 1.85. The second kappa shape index (κ2) is 10.9. The van der Waals surface area contributed by atoms with Crippen molar-refractivity contribution in [2.45, 2.75) is 25.8 Å². The van der Waals surface area contributed by atoms with Crippen molar-refractivity contribution in [1.29, 1.82) is 0 Å². The molecule has 1 aromatic heterocycles. The molecule has 1 atom stereocenters. The highest BCUT2D eigenvalue weighted by atomic mass is 35.5.